The van der Waals surface area contributed by atoms with Gasteiger partial charge in [-0.15, -0.1) is 0 Å². The zero-order chi connectivity index (χ0) is 16.6. The van der Waals surface area contributed by atoms with Gasteiger partial charge in [-0.3, -0.25) is 4.79 Å². The molecule has 0 aliphatic heterocycles. The van der Waals surface area contributed by atoms with Gasteiger partial charge < -0.3 is 27.5 Å². The zero-order valence-electron chi connectivity index (χ0n) is 12.9. The van der Waals surface area contributed by atoms with Gasteiger partial charge in [-0.05, 0) is 18.9 Å². The number of methoxy groups -OCH3 is 1. The number of aryl methyl sites for hydroxylation is 1. The number of hydrogen-bond acceptors (Lipinski definition) is 5. The third kappa shape index (κ3) is 8.65. The van der Waals surface area contributed by atoms with E-state index < -0.39 is 27.5 Å². The van der Waals surface area contributed by atoms with E-state index in [1.165, 1.54) is 7.11 Å². The molecule has 2 N–H and O–H groups in total. The molecular formula is C14H21BrN2O5S. The first-order chi connectivity index (χ1) is 10.3. The number of amides is 1. The number of hydrogen-bond donors (Lipinski definition) is 1. The summed E-state index contributed by atoms with van der Waals surface area (Å²) in [6.45, 7) is 0.667. The van der Waals surface area contributed by atoms with E-state index in [0.29, 0.717) is 24.9 Å². The molecule has 0 aliphatic carbocycles. The van der Waals surface area contributed by atoms with Crippen molar-refractivity contribution in [2.24, 2.45) is 5.73 Å². The number of esters is 1. The summed E-state index contributed by atoms with van der Waals surface area (Å²) in [7, 11) is -2.06. The summed E-state index contributed by atoms with van der Waals surface area (Å²) in [6, 6.07) is 3.42. The number of sulfone groups is 1. The molecule has 0 bridgehead atoms. The normalized spacial score (nSPS) is 10.7. The van der Waals surface area contributed by atoms with Gasteiger partial charge in [0.25, 0.3) is 0 Å². The van der Waals surface area contributed by atoms with Gasteiger partial charge in [0.05, 0.1) is 12.9 Å². The van der Waals surface area contributed by atoms with Crippen molar-refractivity contribution in [2.75, 3.05) is 18.6 Å². The lowest BCUT2D eigenvalue weighted by molar-refractivity contribution is -0.697. The lowest BCUT2D eigenvalue weighted by Gasteiger charge is -2.02. The SMILES string of the molecule is COC(=O)c1ccc[n+](CCCCCS(=O)(=O)CC(N)=O)c1.[Br-]. The number of carbonyl (C=O) groups excluding carboxylic acids is 2. The molecule has 0 radical (unpaired) electrons. The molecule has 0 unspecified atom stereocenters. The van der Waals surface area contributed by atoms with Crippen LogP contribution in [0.5, 0.6) is 0 Å². The Morgan fingerprint density at radius 3 is 2.57 bits per heavy atom. The number of primary amides is 1. The summed E-state index contributed by atoms with van der Waals surface area (Å²) in [4.78, 5) is 22.0. The Balaban J connectivity index is 0.00000484. The first-order valence-electron chi connectivity index (χ1n) is 6.90. The van der Waals surface area contributed by atoms with Crippen LogP contribution in [0.15, 0.2) is 24.5 Å². The number of aromatic nitrogens is 1. The van der Waals surface area contributed by atoms with E-state index in [0.717, 1.165) is 6.42 Å². The van der Waals surface area contributed by atoms with Crippen molar-refractivity contribution in [3.05, 3.63) is 30.1 Å². The molecule has 0 spiro atoms. The number of halogens is 1. The Kier molecular flexibility index (Phi) is 9.66. The van der Waals surface area contributed by atoms with Gasteiger partial charge in [-0.2, -0.15) is 0 Å². The summed E-state index contributed by atoms with van der Waals surface area (Å²) in [6.07, 6.45) is 5.47. The quantitative estimate of drug-likeness (QED) is 0.263. The van der Waals surface area contributed by atoms with E-state index in [4.69, 9.17) is 5.73 Å². The maximum Gasteiger partial charge on any atom is 0.343 e. The molecule has 9 heteroatoms. The summed E-state index contributed by atoms with van der Waals surface area (Å²) in [5.74, 6) is -1.85. The molecule has 130 valence electrons. The number of ether oxygens (including phenoxy) is 1. The second-order valence-electron chi connectivity index (χ2n) is 4.94. The van der Waals surface area contributed by atoms with Gasteiger partial charge in [0, 0.05) is 12.5 Å². The topological polar surface area (TPSA) is 107 Å². The maximum absolute atomic E-state index is 11.5. The Morgan fingerprint density at radius 2 is 1.96 bits per heavy atom. The Labute approximate surface area is 146 Å². The van der Waals surface area contributed by atoms with Crippen molar-refractivity contribution in [1.82, 2.24) is 0 Å². The van der Waals surface area contributed by atoms with Gasteiger partial charge in [0.2, 0.25) is 5.91 Å². The minimum atomic E-state index is -3.39. The highest BCUT2D eigenvalue weighted by atomic mass is 79.9. The fraction of sp³-hybridized carbons (Fsp3) is 0.500. The number of unbranched alkanes of at least 4 members (excludes halogenated alkanes) is 2. The molecule has 1 aromatic rings. The molecular weight excluding hydrogens is 388 g/mol. The van der Waals surface area contributed by atoms with E-state index in [2.05, 4.69) is 4.74 Å². The average Bonchev–Trinajstić information content (AvgIpc) is 2.45. The minimum Gasteiger partial charge on any atom is -1.00 e. The minimum absolute atomic E-state index is 0. The van der Waals surface area contributed by atoms with Crippen LogP contribution in [0.25, 0.3) is 0 Å². The van der Waals surface area contributed by atoms with Gasteiger partial charge in [-0.25, -0.2) is 17.8 Å². The van der Waals surface area contributed by atoms with E-state index >= 15 is 0 Å². The first kappa shape index (κ1) is 21.5. The van der Waals surface area contributed by atoms with Crippen LogP contribution in [0, 0.1) is 0 Å². The van der Waals surface area contributed by atoms with Crippen LogP contribution >= 0.6 is 0 Å². The van der Waals surface area contributed by atoms with Crippen molar-refractivity contribution < 1.29 is 44.3 Å². The predicted octanol–water partition coefficient (Wildman–Crippen LogP) is -3.16. The highest BCUT2D eigenvalue weighted by molar-refractivity contribution is 7.92. The molecule has 1 heterocycles. The Morgan fingerprint density at radius 1 is 1.26 bits per heavy atom. The van der Waals surface area contributed by atoms with Crippen molar-refractivity contribution in [3.63, 3.8) is 0 Å². The fourth-order valence-electron chi connectivity index (χ4n) is 1.98. The molecule has 7 nitrogen and oxygen atoms in total. The third-order valence-electron chi connectivity index (χ3n) is 3.01. The van der Waals surface area contributed by atoms with Gasteiger partial charge >= 0.3 is 5.97 Å². The summed E-state index contributed by atoms with van der Waals surface area (Å²) in [5, 5.41) is 0. The lowest BCUT2D eigenvalue weighted by Crippen LogP contribution is -3.00. The summed E-state index contributed by atoms with van der Waals surface area (Å²) >= 11 is 0. The molecule has 0 saturated carbocycles. The van der Waals surface area contributed by atoms with Crippen LogP contribution < -0.4 is 27.3 Å². The van der Waals surface area contributed by atoms with Gasteiger partial charge in [0.15, 0.2) is 22.2 Å². The molecule has 1 rings (SSSR count). The smallest absolute Gasteiger partial charge is 0.343 e. The van der Waals surface area contributed by atoms with Gasteiger partial charge in [-0.1, -0.05) is 0 Å². The number of carbonyl (C=O) groups is 2. The molecule has 0 fully saturated rings. The van der Waals surface area contributed by atoms with Gasteiger partial charge in [0.1, 0.15) is 17.9 Å². The number of nitrogens with zero attached hydrogens (tertiary/aromatic N) is 1. The summed E-state index contributed by atoms with van der Waals surface area (Å²) in [5.41, 5.74) is 5.34. The second-order valence-corrected chi connectivity index (χ2v) is 7.13. The van der Waals surface area contributed by atoms with Crippen LogP contribution in [-0.4, -0.2) is 38.9 Å². The number of pyridine rings is 1. The average molecular weight is 409 g/mol. The molecule has 0 aromatic carbocycles. The maximum atomic E-state index is 11.5. The lowest BCUT2D eigenvalue weighted by atomic mass is 10.2. The molecule has 1 amide bonds. The van der Waals surface area contributed by atoms with Crippen LogP contribution in [0.1, 0.15) is 29.6 Å². The fourth-order valence-corrected chi connectivity index (χ4v) is 3.20. The van der Waals surface area contributed by atoms with Crippen LogP contribution in [0.4, 0.5) is 0 Å². The van der Waals surface area contributed by atoms with Crippen molar-refractivity contribution in [1.29, 1.82) is 0 Å². The van der Waals surface area contributed by atoms with Crippen LogP contribution in [0.2, 0.25) is 0 Å². The molecule has 23 heavy (non-hydrogen) atoms. The number of rotatable bonds is 9. The van der Waals surface area contributed by atoms with Crippen LogP contribution in [0.3, 0.4) is 0 Å². The molecule has 0 atom stereocenters. The summed E-state index contributed by atoms with van der Waals surface area (Å²) < 4.78 is 29.4. The first-order valence-corrected chi connectivity index (χ1v) is 8.72. The van der Waals surface area contributed by atoms with E-state index in [1.54, 1.807) is 18.3 Å². The largest absolute Gasteiger partial charge is 1.00 e. The number of nitrogens with two attached hydrogens (primary N) is 1. The third-order valence-corrected chi connectivity index (χ3v) is 4.65. The highest BCUT2D eigenvalue weighted by Gasteiger charge is 2.14. The zero-order valence-corrected chi connectivity index (χ0v) is 15.3. The second kappa shape index (κ2) is 10.3. The highest BCUT2D eigenvalue weighted by Crippen LogP contribution is 2.02. The van der Waals surface area contributed by atoms with E-state index in [1.807, 2.05) is 10.8 Å². The van der Waals surface area contributed by atoms with Crippen molar-refractivity contribution in [3.8, 4) is 0 Å². The predicted molar refractivity (Wildman–Crippen MR) is 79.7 cm³/mol. The molecule has 0 saturated heterocycles. The van der Waals surface area contributed by atoms with E-state index in [-0.39, 0.29) is 22.7 Å². The monoisotopic (exact) mass is 408 g/mol. The molecule has 0 aliphatic rings. The van der Waals surface area contributed by atoms with Crippen LogP contribution in [-0.2, 0) is 25.9 Å². The Hall–Kier alpha value is -1.48. The standard InChI is InChI=1S/C14H20N2O5S.BrH/c1-21-14(18)12-6-5-8-16(10-12)7-3-2-4-9-22(19,20)11-13(15)17;/h5-6,8,10H,2-4,7,9,11H2,1H3,(H-,15,17);1H. The van der Waals surface area contributed by atoms with Crippen molar-refractivity contribution in [2.45, 2.75) is 25.8 Å². The van der Waals surface area contributed by atoms with E-state index in [9.17, 15) is 18.0 Å². The molecule has 1 aromatic heterocycles. The van der Waals surface area contributed by atoms with Crippen molar-refractivity contribution >= 4 is 21.7 Å². The Bertz CT molecular complexity index is 634.